The number of ether oxygens (including phenoxy) is 6. The minimum Gasteiger partial charge on any atom is -0.493 e. The summed E-state index contributed by atoms with van der Waals surface area (Å²) < 4.78 is 35.9. The largest absolute Gasteiger partial charge is 0.493 e. The second kappa shape index (κ2) is 24.8. The summed E-state index contributed by atoms with van der Waals surface area (Å²) in [4.78, 5) is 0. The molecule has 0 aliphatic carbocycles. The molecule has 0 aromatic heterocycles. The van der Waals surface area contributed by atoms with E-state index in [4.69, 9.17) is 28.4 Å². The number of rotatable bonds is 27. The third kappa shape index (κ3) is 13.9. The van der Waals surface area contributed by atoms with Gasteiger partial charge in [0, 0.05) is 24.7 Å². The van der Waals surface area contributed by atoms with Crippen LogP contribution in [0.15, 0.2) is 127 Å². The molecule has 344 valence electrons. The lowest BCUT2D eigenvalue weighted by Crippen LogP contribution is -2.25. The molecule has 0 aliphatic heterocycles. The Morgan fingerprint density at radius 1 is 0.292 bits per heavy atom. The maximum atomic E-state index is 9.53. The van der Waals surface area contributed by atoms with Crippen LogP contribution in [-0.4, -0.2) is 70.3 Å². The maximum absolute atomic E-state index is 9.53. The number of hydrogen-bond acceptors (Lipinski definition) is 12. The summed E-state index contributed by atoms with van der Waals surface area (Å²) in [5.41, 5.74) is 6.68. The van der Waals surface area contributed by atoms with Gasteiger partial charge in [-0.3, -0.25) is 0 Å². The topological polar surface area (TPSA) is 177 Å². The normalized spacial score (nSPS) is 11.3. The highest BCUT2D eigenvalue weighted by atomic mass is 16.5. The van der Waals surface area contributed by atoms with E-state index in [-0.39, 0.29) is 39.6 Å². The molecule has 0 bridgehead atoms. The fourth-order valence-corrected chi connectivity index (χ4v) is 7.45. The molecule has 0 atom stereocenters. The second-order valence-electron chi connectivity index (χ2n) is 15.8. The first-order valence-electron chi connectivity index (χ1n) is 21.9. The molecule has 0 saturated carbocycles. The van der Waals surface area contributed by atoms with E-state index in [0.717, 1.165) is 33.9 Å². The summed E-state index contributed by atoms with van der Waals surface area (Å²) in [6, 6.07) is 40.1. The van der Waals surface area contributed by atoms with Crippen LogP contribution in [0, 0.1) is 0 Å². The van der Waals surface area contributed by atoms with Gasteiger partial charge in [0.15, 0.2) is 0 Å². The zero-order chi connectivity index (χ0) is 45.9. The number of hydrogen-bond donors (Lipinski definition) is 6. The lowest BCUT2D eigenvalue weighted by Gasteiger charge is -2.32. The Bertz CT molecular complexity index is 2020. The monoisotopic (exact) mass is 888 g/mol. The molecule has 65 heavy (non-hydrogen) atoms. The Morgan fingerprint density at radius 3 is 0.692 bits per heavy atom. The van der Waals surface area contributed by atoms with E-state index in [1.165, 1.54) is 0 Å². The molecule has 6 rings (SSSR count). The molecular weight excluding hydrogens is 829 g/mol. The van der Waals surface area contributed by atoms with Crippen molar-refractivity contribution in [2.75, 3.05) is 39.6 Å². The van der Waals surface area contributed by atoms with Gasteiger partial charge in [0.25, 0.3) is 0 Å². The Balaban J connectivity index is 1.08. The Kier molecular flexibility index (Phi) is 18.4. The SMILES string of the molecule is CC(c1ccc(OCCCOc2cc(CO)cc(CO)c2)cc1)(c1ccc(OCCCOc2cc(CO)cc(CO)c2)cc1)c1ccc(OCCCOc2cc(CO)cc(CO)c2)cc1. The first-order valence-corrected chi connectivity index (χ1v) is 21.9. The van der Waals surface area contributed by atoms with Crippen LogP contribution in [0.3, 0.4) is 0 Å². The molecule has 12 heteroatoms. The van der Waals surface area contributed by atoms with Crippen LogP contribution in [0.4, 0.5) is 0 Å². The van der Waals surface area contributed by atoms with Crippen LogP contribution < -0.4 is 28.4 Å². The molecule has 0 fully saturated rings. The van der Waals surface area contributed by atoms with E-state index >= 15 is 0 Å². The van der Waals surface area contributed by atoms with E-state index in [1.807, 2.05) is 36.4 Å². The Hall–Kier alpha value is -6.12. The van der Waals surface area contributed by atoms with Gasteiger partial charge in [0.1, 0.15) is 34.5 Å². The summed E-state index contributed by atoms with van der Waals surface area (Å²) in [7, 11) is 0. The van der Waals surface area contributed by atoms with E-state index in [0.29, 0.717) is 110 Å². The van der Waals surface area contributed by atoms with Crippen LogP contribution in [0.5, 0.6) is 34.5 Å². The number of aliphatic hydroxyl groups is 6. The molecular formula is C53H60O12. The highest BCUT2D eigenvalue weighted by Crippen LogP contribution is 2.40. The first-order chi connectivity index (χ1) is 31.8. The minimum absolute atomic E-state index is 0.132. The van der Waals surface area contributed by atoms with Gasteiger partial charge in [-0.05, 0) is 130 Å². The molecule has 0 saturated heterocycles. The molecule has 0 amide bonds. The third-order valence-electron chi connectivity index (χ3n) is 10.9. The van der Waals surface area contributed by atoms with Gasteiger partial charge in [-0.25, -0.2) is 0 Å². The van der Waals surface area contributed by atoms with Crippen LogP contribution in [0.2, 0.25) is 0 Å². The van der Waals surface area contributed by atoms with Crippen LogP contribution >= 0.6 is 0 Å². The van der Waals surface area contributed by atoms with Crippen molar-refractivity contribution in [1.29, 1.82) is 0 Å². The third-order valence-corrected chi connectivity index (χ3v) is 10.9. The van der Waals surface area contributed by atoms with Crippen molar-refractivity contribution in [2.24, 2.45) is 0 Å². The molecule has 0 radical (unpaired) electrons. The summed E-state index contributed by atoms with van der Waals surface area (Å²) in [6.45, 7) is 3.95. The van der Waals surface area contributed by atoms with Crippen molar-refractivity contribution in [2.45, 2.75) is 71.2 Å². The van der Waals surface area contributed by atoms with E-state index in [9.17, 15) is 30.6 Å². The fourth-order valence-electron chi connectivity index (χ4n) is 7.45. The van der Waals surface area contributed by atoms with Gasteiger partial charge in [0.2, 0.25) is 0 Å². The summed E-state index contributed by atoms with van der Waals surface area (Å²) in [5, 5.41) is 57.2. The molecule has 6 aromatic rings. The summed E-state index contributed by atoms with van der Waals surface area (Å²) >= 11 is 0. The zero-order valence-electron chi connectivity index (χ0n) is 36.9. The summed E-state index contributed by atoms with van der Waals surface area (Å²) in [5.74, 6) is 3.97. The molecule has 6 N–H and O–H groups in total. The van der Waals surface area contributed by atoms with E-state index in [2.05, 4.69) is 43.3 Å². The number of aliphatic hydroxyl groups excluding tert-OH is 6. The Morgan fingerprint density at radius 2 is 0.492 bits per heavy atom. The van der Waals surface area contributed by atoms with E-state index in [1.54, 1.807) is 54.6 Å². The molecule has 0 heterocycles. The first kappa shape index (κ1) is 48.3. The van der Waals surface area contributed by atoms with Crippen molar-refractivity contribution >= 4 is 0 Å². The zero-order valence-corrected chi connectivity index (χ0v) is 36.9. The fraction of sp³-hybridized carbons (Fsp3) is 0.321. The lowest BCUT2D eigenvalue weighted by molar-refractivity contribution is 0.244. The van der Waals surface area contributed by atoms with Crippen molar-refractivity contribution < 1.29 is 59.1 Å². The Labute approximate surface area is 380 Å². The molecule has 6 aromatic carbocycles. The van der Waals surface area contributed by atoms with Gasteiger partial charge in [-0.1, -0.05) is 54.6 Å². The number of benzene rings is 6. The molecule has 0 unspecified atom stereocenters. The van der Waals surface area contributed by atoms with Crippen LogP contribution in [0.25, 0.3) is 0 Å². The average molecular weight is 889 g/mol. The van der Waals surface area contributed by atoms with Crippen molar-refractivity contribution in [1.82, 2.24) is 0 Å². The molecule has 12 nitrogen and oxygen atoms in total. The van der Waals surface area contributed by atoms with Crippen molar-refractivity contribution in [3.05, 3.63) is 177 Å². The summed E-state index contributed by atoms with van der Waals surface area (Å²) in [6.07, 6.45) is 1.90. The average Bonchev–Trinajstić information content (AvgIpc) is 3.35. The highest BCUT2D eigenvalue weighted by Gasteiger charge is 2.31. The maximum Gasteiger partial charge on any atom is 0.120 e. The predicted octanol–water partition coefficient (Wildman–Crippen LogP) is 7.54. The second-order valence-corrected chi connectivity index (χ2v) is 15.8. The molecule has 0 spiro atoms. The highest BCUT2D eigenvalue weighted by molar-refractivity contribution is 5.52. The van der Waals surface area contributed by atoms with Gasteiger partial charge < -0.3 is 59.1 Å². The van der Waals surface area contributed by atoms with Gasteiger partial charge in [0.05, 0.1) is 79.3 Å². The lowest BCUT2D eigenvalue weighted by atomic mass is 9.71. The predicted molar refractivity (Wildman–Crippen MR) is 247 cm³/mol. The van der Waals surface area contributed by atoms with Crippen molar-refractivity contribution in [3.63, 3.8) is 0 Å². The van der Waals surface area contributed by atoms with Crippen molar-refractivity contribution in [3.8, 4) is 34.5 Å². The van der Waals surface area contributed by atoms with Gasteiger partial charge in [-0.2, -0.15) is 0 Å². The van der Waals surface area contributed by atoms with Gasteiger partial charge >= 0.3 is 0 Å². The van der Waals surface area contributed by atoms with Crippen LogP contribution in [0.1, 0.15) is 76.3 Å². The van der Waals surface area contributed by atoms with Crippen LogP contribution in [-0.2, 0) is 45.1 Å². The van der Waals surface area contributed by atoms with E-state index < -0.39 is 5.41 Å². The molecule has 0 aliphatic rings. The minimum atomic E-state index is -0.575. The standard InChI is InChI=1S/C53H60O12/c1-53(44-5-11-47(12-6-44)60-17-2-20-63-50-26-38(32-54)23-39(27-50)33-55,45-7-13-48(14-8-45)61-18-3-21-64-51-28-40(34-56)24-41(29-51)35-57)46-9-15-49(16-10-46)62-19-4-22-65-52-30-42(36-58)25-43(31-52)37-59/h5-16,23-31,54-59H,2-4,17-22,32-37H2,1H3. The smallest absolute Gasteiger partial charge is 0.120 e. The van der Waals surface area contributed by atoms with Gasteiger partial charge in [-0.15, -0.1) is 0 Å². The quantitative estimate of drug-likeness (QED) is 0.0222.